The van der Waals surface area contributed by atoms with E-state index >= 15 is 0 Å². The van der Waals surface area contributed by atoms with E-state index in [9.17, 15) is 9.18 Å². The number of benzene rings is 1. The second kappa shape index (κ2) is 6.66. The minimum absolute atomic E-state index is 0.262. The van der Waals surface area contributed by atoms with E-state index in [-0.39, 0.29) is 11.9 Å². The molecule has 0 saturated heterocycles. The van der Waals surface area contributed by atoms with Gasteiger partial charge in [0.25, 0.3) is 0 Å². The minimum Gasteiger partial charge on any atom is -0.468 e. The van der Waals surface area contributed by atoms with Gasteiger partial charge in [-0.2, -0.15) is 0 Å². The van der Waals surface area contributed by atoms with Crippen molar-refractivity contribution in [1.82, 2.24) is 5.32 Å². The number of ether oxygens (including phenoxy) is 1. The predicted molar refractivity (Wildman–Crippen MR) is 71.2 cm³/mol. The molecule has 1 fully saturated rings. The molecule has 1 aromatic carbocycles. The van der Waals surface area contributed by atoms with Crippen molar-refractivity contribution in [3.8, 4) is 0 Å². The number of halogens is 1. The van der Waals surface area contributed by atoms with Crippen LogP contribution in [-0.4, -0.2) is 19.1 Å². The normalized spacial score (nSPS) is 18.0. The number of hydrogen-bond acceptors (Lipinski definition) is 3. The topological polar surface area (TPSA) is 38.3 Å². The van der Waals surface area contributed by atoms with Crippen molar-refractivity contribution in [1.29, 1.82) is 0 Å². The fourth-order valence-corrected chi connectivity index (χ4v) is 2.62. The second-order valence-electron chi connectivity index (χ2n) is 4.98. The summed E-state index contributed by atoms with van der Waals surface area (Å²) in [5.74, 6) is -0.808. The molecule has 0 amide bonds. The Morgan fingerprint density at radius 2 is 2.00 bits per heavy atom. The van der Waals surface area contributed by atoms with E-state index < -0.39 is 12.0 Å². The Morgan fingerprint density at radius 1 is 1.32 bits per heavy atom. The first-order chi connectivity index (χ1) is 9.22. The Kier molecular flexibility index (Phi) is 4.91. The van der Waals surface area contributed by atoms with Crippen molar-refractivity contribution in [3.05, 3.63) is 35.6 Å². The Balaban J connectivity index is 2.16. The van der Waals surface area contributed by atoms with Crippen LogP contribution < -0.4 is 5.32 Å². The molecule has 0 radical (unpaired) electrons. The third kappa shape index (κ3) is 3.53. The van der Waals surface area contributed by atoms with E-state index in [4.69, 9.17) is 4.74 Å². The fraction of sp³-hybridized carbons (Fsp3) is 0.533. The molecular formula is C15H20FNO2. The number of esters is 1. The molecule has 0 spiro atoms. The fourth-order valence-electron chi connectivity index (χ4n) is 2.62. The molecule has 0 aliphatic heterocycles. The molecule has 4 heteroatoms. The number of hydrogen-bond donors (Lipinski definition) is 1. The molecule has 1 atom stereocenters. The maximum Gasteiger partial charge on any atom is 0.327 e. The summed E-state index contributed by atoms with van der Waals surface area (Å²) in [4.78, 5) is 11.9. The van der Waals surface area contributed by atoms with Crippen LogP contribution in [0.3, 0.4) is 0 Å². The van der Waals surface area contributed by atoms with Gasteiger partial charge in [-0.05, 0) is 18.9 Å². The van der Waals surface area contributed by atoms with Crippen LogP contribution in [0, 0.1) is 5.82 Å². The number of methoxy groups -OCH3 is 1. The highest BCUT2D eigenvalue weighted by Crippen LogP contribution is 2.23. The lowest BCUT2D eigenvalue weighted by molar-refractivity contribution is -0.143. The summed E-state index contributed by atoms with van der Waals surface area (Å²) in [5.41, 5.74) is 0.361. The van der Waals surface area contributed by atoms with Gasteiger partial charge in [-0.3, -0.25) is 5.32 Å². The van der Waals surface area contributed by atoms with E-state index in [2.05, 4.69) is 5.32 Å². The maximum atomic E-state index is 13.8. The largest absolute Gasteiger partial charge is 0.468 e. The molecule has 1 aliphatic rings. The molecule has 3 nitrogen and oxygen atoms in total. The Bertz CT molecular complexity index is 430. The second-order valence-corrected chi connectivity index (χ2v) is 4.98. The molecule has 1 unspecified atom stereocenters. The maximum absolute atomic E-state index is 13.8. The highest BCUT2D eigenvalue weighted by Gasteiger charge is 2.27. The van der Waals surface area contributed by atoms with E-state index in [1.54, 1.807) is 18.2 Å². The van der Waals surface area contributed by atoms with Gasteiger partial charge in [-0.25, -0.2) is 9.18 Å². The third-order valence-corrected chi connectivity index (χ3v) is 3.66. The van der Waals surface area contributed by atoms with Crippen molar-refractivity contribution >= 4 is 5.97 Å². The summed E-state index contributed by atoms with van der Waals surface area (Å²) < 4.78 is 18.6. The van der Waals surface area contributed by atoms with Gasteiger partial charge >= 0.3 is 5.97 Å². The van der Waals surface area contributed by atoms with Crippen molar-refractivity contribution in [3.63, 3.8) is 0 Å². The molecule has 19 heavy (non-hydrogen) atoms. The Labute approximate surface area is 113 Å². The molecular weight excluding hydrogens is 245 g/mol. The van der Waals surface area contributed by atoms with E-state index in [1.165, 1.54) is 19.6 Å². The Morgan fingerprint density at radius 3 is 2.63 bits per heavy atom. The molecule has 0 bridgehead atoms. The minimum atomic E-state index is -0.714. The average molecular weight is 265 g/mol. The smallest absolute Gasteiger partial charge is 0.327 e. The van der Waals surface area contributed by atoms with E-state index in [0.29, 0.717) is 5.56 Å². The van der Waals surface area contributed by atoms with Gasteiger partial charge < -0.3 is 4.74 Å². The summed E-state index contributed by atoms with van der Waals surface area (Å²) in [7, 11) is 1.33. The van der Waals surface area contributed by atoms with Crippen LogP contribution in [-0.2, 0) is 9.53 Å². The summed E-state index contributed by atoms with van der Waals surface area (Å²) >= 11 is 0. The highest BCUT2D eigenvalue weighted by atomic mass is 19.1. The molecule has 0 aromatic heterocycles. The number of carbonyl (C=O) groups excluding carboxylic acids is 1. The van der Waals surface area contributed by atoms with Crippen LogP contribution in [0.1, 0.15) is 43.7 Å². The molecule has 0 heterocycles. The van der Waals surface area contributed by atoms with Crippen LogP contribution in [0.4, 0.5) is 4.39 Å². The number of carbonyl (C=O) groups is 1. The zero-order chi connectivity index (χ0) is 13.7. The first-order valence-electron chi connectivity index (χ1n) is 6.80. The molecule has 104 valence electrons. The summed E-state index contributed by atoms with van der Waals surface area (Å²) in [6.45, 7) is 0. The lowest BCUT2D eigenvalue weighted by Crippen LogP contribution is -2.39. The zero-order valence-electron chi connectivity index (χ0n) is 11.2. The summed E-state index contributed by atoms with van der Waals surface area (Å²) in [6, 6.07) is 5.90. The standard InChI is InChI=1S/C15H20FNO2/c1-19-15(18)14(12-9-5-6-10-13(12)16)17-11-7-3-2-4-8-11/h5-6,9-11,14,17H,2-4,7-8H2,1H3. The van der Waals surface area contributed by atoms with Gasteiger partial charge in [0, 0.05) is 11.6 Å². The molecule has 2 rings (SSSR count). The van der Waals surface area contributed by atoms with Crippen LogP contribution in [0.2, 0.25) is 0 Å². The van der Waals surface area contributed by atoms with Crippen LogP contribution in [0.15, 0.2) is 24.3 Å². The lowest BCUT2D eigenvalue weighted by Gasteiger charge is -2.27. The van der Waals surface area contributed by atoms with Crippen molar-refractivity contribution < 1.29 is 13.9 Å². The van der Waals surface area contributed by atoms with E-state index in [0.717, 1.165) is 25.7 Å². The predicted octanol–water partition coefficient (Wildman–Crippen LogP) is 2.96. The van der Waals surface area contributed by atoms with Crippen LogP contribution in [0.25, 0.3) is 0 Å². The summed E-state index contributed by atoms with van der Waals surface area (Å²) in [5, 5.41) is 3.25. The van der Waals surface area contributed by atoms with Crippen molar-refractivity contribution in [2.24, 2.45) is 0 Å². The molecule has 1 aliphatic carbocycles. The van der Waals surface area contributed by atoms with Gasteiger partial charge in [0.2, 0.25) is 0 Å². The third-order valence-electron chi connectivity index (χ3n) is 3.66. The molecule has 1 saturated carbocycles. The van der Waals surface area contributed by atoms with E-state index in [1.807, 2.05) is 0 Å². The molecule has 1 N–H and O–H groups in total. The van der Waals surface area contributed by atoms with Gasteiger partial charge in [0.05, 0.1) is 7.11 Å². The van der Waals surface area contributed by atoms with Crippen molar-refractivity contribution in [2.45, 2.75) is 44.2 Å². The van der Waals surface area contributed by atoms with Gasteiger partial charge in [-0.15, -0.1) is 0 Å². The zero-order valence-corrected chi connectivity index (χ0v) is 11.2. The summed E-state index contributed by atoms with van der Waals surface area (Å²) in [6.07, 6.45) is 5.61. The molecule has 1 aromatic rings. The first-order valence-corrected chi connectivity index (χ1v) is 6.80. The average Bonchev–Trinajstić information content (AvgIpc) is 2.46. The van der Waals surface area contributed by atoms with Gasteiger partial charge in [0.1, 0.15) is 11.9 Å². The monoisotopic (exact) mass is 265 g/mol. The van der Waals surface area contributed by atoms with Crippen LogP contribution >= 0.6 is 0 Å². The highest BCUT2D eigenvalue weighted by molar-refractivity contribution is 5.77. The SMILES string of the molecule is COC(=O)C(NC1CCCCC1)c1ccccc1F. The van der Waals surface area contributed by atoms with Crippen molar-refractivity contribution in [2.75, 3.05) is 7.11 Å². The van der Waals surface area contributed by atoms with Gasteiger partial charge in [-0.1, -0.05) is 37.5 Å². The number of rotatable bonds is 4. The van der Waals surface area contributed by atoms with Crippen LogP contribution in [0.5, 0.6) is 0 Å². The van der Waals surface area contributed by atoms with Gasteiger partial charge in [0.15, 0.2) is 0 Å². The number of nitrogens with one attached hydrogen (secondary N) is 1. The first kappa shape index (κ1) is 14.0. The Hall–Kier alpha value is -1.42. The quantitative estimate of drug-likeness (QED) is 0.851. The lowest BCUT2D eigenvalue weighted by atomic mass is 9.94.